The van der Waals surface area contributed by atoms with Crippen LogP contribution >= 0.6 is 11.8 Å². The molecule has 29 heavy (non-hydrogen) atoms. The minimum absolute atomic E-state index is 0.182. The number of nitrogens with one attached hydrogen (secondary N) is 1. The molecule has 1 atom stereocenters. The summed E-state index contributed by atoms with van der Waals surface area (Å²) in [5.41, 5.74) is 1.63. The van der Waals surface area contributed by atoms with E-state index < -0.39 is 0 Å². The van der Waals surface area contributed by atoms with Crippen molar-refractivity contribution in [3.8, 4) is 5.82 Å². The fourth-order valence-electron chi connectivity index (χ4n) is 3.95. The summed E-state index contributed by atoms with van der Waals surface area (Å²) in [6.45, 7) is 2.75. The number of ether oxygens (including phenoxy) is 2. The standard InChI is InChI=1S/C20H28N6O2S/c1-14(13-27-3)25(2)18-11-16(20(28-4)6-9-29-10-7-20)15-12-22-26(19(15)23-18)17-5-8-21-24-17/h5,8,11-12,14H,6-7,9-10,13H2,1-4H3,(H,21,24)/t14-/m1/s1. The van der Waals surface area contributed by atoms with Gasteiger partial charge in [0.05, 0.1) is 30.6 Å². The van der Waals surface area contributed by atoms with Crippen LogP contribution in [0.15, 0.2) is 24.5 Å². The smallest absolute Gasteiger partial charge is 0.167 e. The average Bonchev–Trinajstić information content (AvgIpc) is 3.42. The SMILES string of the molecule is COC[C@@H](C)N(C)c1cc(C2(OC)CCSCC2)c2cnn(-c3ccn[nH]3)c2n1. The van der Waals surface area contributed by atoms with Crippen LogP contribution in [0.1, 0.15) is 25.3 Å². The van der Waals surface area contributed by atoms with Gasteiger partial charge in [-0.25, -0.2) is 4.98 Å². The quantitative estimate of drug-likeness (QED) is 0.634. The van der Waals surface area contributed by atoms with E-state index >= 15 is 0 Å². The van der Waals surface area contributed by atoms with Crippen LogP contribution in [0.4, 0.5) is 5.82 Å². The highest BCUT2D eigenvalue weighted by Crippen LogP contribution is 2.43. The van der Waals surface area contributed by atoms with E-state index in [1.54, 1.807) is 13.3 Å². The second kappa shape index (κ2) is 8.33. The Balaban J connectivity index is 1.91. The van der Waals surface area contributed by atoms with Crippen LogP contribution in [0.3, 0.4) is 0 Å². The third-order valence-electron chi connectivity index (χ3n) is 5.85. The topological polar surface area (TPSA) is 81.1 Å². The van der Waals surface area contributed by atoms with Crippen molar-refractivity contribution in [2.45, 2.75) is 31.4 Å². The van der Waals surface area contributed by atoms with Crippen molar-refractivity contribution in [2.24, 2.45) is 0 Å². The lowest BCUT2D eigenvalue weighted by atomic mass is 9.86. The van der Waals surface area contributed by atoms with Gasteiger partial charge in [0.15, 0.2) is 11.5 Å². The van der Waals surface area contributed by atoms with E-state index in [9.17, 15) is 0 Å². The molecule has 0 spiro atoms. The number of fused-ring (bicyclic) bond motifs is 1. The molecule has 3 aromatic heterocycles. The first kappa shape index (κ1) is 20.2. The summed E-state index contributed by atoms with van der Waals surface area (Å²) in [7, 11) is 5.59. The highest BCUT2D eigenvalue weighted by atomic mass is 32.2. The van der Waals surface area contributed by atoms with Crippen molar-refractivity contribution >= 4 is 28.6 Å². The number of aromatic nitrogens is 5. The number of rotatable bonds is 7. The lowest BCUT2D eigenvalue weighted by molar-refractivity contribution is -0.0207. The summed E-state index contributed by atoms with van der Waals surface area (Å²) in [6.07, 6.45) is 5.55. The minimum Gasteiger partial charge on any atom is -0.383 e. The molecule has 3 aromatic rings. The molecule has 1 saturated heterocycles. The van der Waals surface area contributed by atoms with Crippen LogP contribution < -0.4 is 4.90 Å². The number of likely N-dealkylation sites (N-methyl/N-ethyl adjacent to an activating group) is 1. The zero-order valence-corrected chi connectivity index (χ0v) is 18.2. The van der Waals surface area contributed by atoms with Gasteiger partial charge in [-0.3, -0.25) is 5.10 Å². The van der Waals surface area contributed by atoms with Gasteiger partial charge in [-0.05, 0) is 37.3 Å². The molecule has 4 rings (SSSR count). The maximum absolute atomic E-state index is 6.17. The Morgan fingerprint density at radius 3 is 2.79 bits per heavy atom. The zero-order valence-electron chi connectivity index (χ0n) is 17.4. The summed E-state index contributed by atoms with van der Waals surface area (Å²) in [5.74, 6) is 3.83. The summed E-state index contributed by atoms with van der Waals surface area (Å²) < 4.78 is 13.3. The molecule has 0 radical (unpaired) electrons. The van der Waals surface area contributed by atoms with E-state index in [1.165, 1.54) is 0 Å². The number of hydrogen-bond acceptors (Lipinski definition) is 7. The normalized spacial score (nSPS) is 17.5. The lowest BCUT2D eigenvalue weighted by Gasteiger charge is -2.37. The molecule has 4 heterocycles. The second-order valence-corrected chi connectivity index (χ2v) is 8.71. The maximum atomic E-state index is 6.17. The predicted octanol–water partition coefficient (Wildman–Crippen LogP) is 2.98. The predicted molar refractivity (Wildman–Crippen MR) is 116 cm³/mol. The number of nitrogens with zero attached hydrogens (tertiary/aromatic N) is 5. The van der Waals surface area contributed by atoms with E-state index in [-0.39, 0.29) is 11.6 Å². The average molecular weight is 417 g/mol. The summed E-state index contributed by atoms with van der Waals surface area (Å²) in [5, 5.41) is 12.7. The van der Waals surface area contributed by atoms with Crippen molar-refractivity contribution in [3.05, 3.63) is 30.1 Å². The van der Waals surface area contributed by atoms with Crippen molar-refractivity contribution in [1.82, 2.24) is 25.0 Å². The van der Waals surface area contributed by atoms with Crippen LogP contribution in [0, 0.1) is 0 Å². The second-order valence-electron chi connectivity index (χ2n) is 7.49. The molecule has 0 aromatic carbocycles. The Morgan fingerprint density at radius 2 is 2.14 bits per heavy atom. The number of pyridine rings is 1. The molecule has 0 unspecified atom stereocenters. The largest absolute Gasteiger partial charge is 0.383 e. The van der Waals surface area contributed by atoms with E-state index in [1.807, 2.05) is 35.8 Å². The van der Waals surface area contributed by atoms with Gasteiger partial charge in [-0.2, -0.15) is 26.6 Å². The zero-order chi connectivity index (χ0) is 20.4. The Labute approximate surface area is 175 Å². The fraction of sp³-hybridized carbons (Fsp3) is 0.550. The molecule has 0 aliphatic carbocycles. The van der Waals surface area contributed by atoms with Crippen molar-refractivity contribution < 1.29 is 9.47 Å². The molecule has 9 heteroatoms. The molecule has 1 fully saturated rings. The number of thioether (sulfide) groups is 1. The third-order valence-corrected chi connectivity index (χ3v) is 6.84. The van der Waals surface area contributed by atoms with Gasteiger partial charge in [0.2, 0.25) is 0 Å². The number of aromatic amines is 1. The highest BCUT2D eigenvalue weighted by Gasteiger charge is 2.37. The first-order valence-corrected chi connectivity index (χ1v) is 11.0. The van der Waals surface area contributed by atoms with E-state index in [2.05, 4.69) is 40.2 Å². The molecule has 0 bridgehead atoms. The first-order chi connectivity index (χ1) is 14.1. The lowest BCUT2D eigenvalue weighted by Crippen LogP contribution is -2.36. The Bertz CT molecular complexity index is 951. The Morgan fingerprint density at radius 1 is 1.34 bits per heavy atom. The van der Waals surface area contributed by atoms with Crippen LogP contribution in [0.5, 0.6) is 0 Å². The molecular weight excluding hydrogens is 388 g/mol. The number of H-pyrrole nitrogens is 1. The van der Waals surface area contributed by atoms with Crippen LogP contribution in [-0.2, 0) is 15.1 Å². The molecular formula is C20H28N6O2S. The summed E-state index contributed by atoms with van der Waals surface area (Å²) in [4.78, 5) is 7.13. The number of methoxy groups -OCH3 is 2. The minimum atomic E-state index is -0.325. The fourth-order valence-corrected chi connectivity index (χ4v) is 5.10. The summed E-state index contributed by atoms with van der Waals surface area (Å²) >= 11 is 1.98. The molecule has 156 valence electrons. The maximum Gasteiger partial charge on any atom is 0.167 e. The van der Waals surface area contributed by atoms with Crippen molar-refractivity contribution in [2.75, 3.05) is 44.3 Å². The van der Waals surface area contributed by atoms with Gasteiger partial charge < -0.3 is 14.4 Å². The molecule has 1 aliphatic rings. The molecule has 1 aliphatic heterocycles. The van der Waals surface area contributed by atoms with Gasteiger partial charge in [-0.1, -0.05) is 0 Å². The van der Waals surface area contributed by atoms with Gasteiger partial charge in [-0.15, -0.1) is 0 Å². The Hall–Kier alpha value is -2.10. The number of anilines is 1. The van der Waals surface area contributed by atoms with Gasteiger partial charge in [0, 0.05) is 38.3 Å². The Kier molecular flexibility index (Phi) is 5.80. The molecule has 1 N–H and O–H groups in total. The molecule has 0 amide bonds. The van der Waals surface area contributed by atoms with E-state index in [0.717, 1.165) is 52.6 Å². The van der Waals surface area contributed by atoms with Crippen molar-refractivity contribution in [3.63, 3.8) is 0 Å². The first-order valence-electron chi connectivity index (χ1n) is 9.83. The molecule has 0 saturated carbocycles. The van der Waals surface area contributed by atoms with Crippen LogP contribution in [0.25, 0.3) is 16.9 Å². The van der Waals surface area contributed by atoms with E-state index in [4.69, 9.17) is 14.5 Å². The van der Waals surface area contributed by atoms with Crippen LogP contribution in [-0.4, -0.2) is 70.4 Å². The summed E-state index contributed by atoms with van der Waals surface area (Å²) in [6, 6.07) is 4.25. The van der Waals surface area contributed by atoms with Gasteiger partial charge in [0.25, 0.3) is 0 Å². The third kappa shape index (κ3) is 3.62. The van der Waals surface area contributed by atoms with E-state index in [0.29, 0.717) is 6.61 Å². The van der Waals surface area contributed by atoms with Gasteiger partial charge in [0.1, 0.15) is 5.82 Å². The van der Waals surface area contributed by atoms with Crippen LogP contribution in [0.2, 0.25) is 0 Å². The number of hydrogen-bond donors (Lipinski definition) is 1. The highest BCUT2D eigenvalue weighted by molar-refractivity contribution is 7.99. The van der Waals surface area contributed by atoms with Crippen molar-refractivity contribution in [1.29, 1.82) is 0 Å². The van der Waals surface area contributed by atoms with Gasteiger partial charge >= 0.3 is 0 Å². The monoisotopic (exact) mass is 416 g/mol. The molecule has 8 nitrogen and oxygen atoms in total.